The van der Waals surface area contributed by atoms with Gasteiger partial charge in [0.05, 0.1) is 17.3 Å². The minimum absolute atomic E-state index is 0.158. The highest BCUT2D eigenvalue weighted by Crippen LogP contribution is 2.25. The molecule has 0 spiro atoms. The van der Waals surface area contributed by atoms with Gasteiger partial charge in [0.25, 0.3) is 5.91 Å². The van der Waals surface area contributed by atoms with Crippen LogP contribution >= 0.6 is 23.2 Å². The van der Waals surface area contributed by atoms with Crippen molar-refractivity contribution in [2.24, 2.45) is 0 Å². The molecule has 0 radical (unpaired) electrons. The molecule has 0 unspecified atom stereocenters. The molecule has 120 valence electrons. The van der Waals surface area contributed by atoms with Gasteiger partial charge in [-0.25, -0.2) is 0 Å². The normalized spacial score (nSPS) is 10.3. The quantitative estimate of drug-likeness (QED) is 0.875. The second-order valence-corrected chi connectivity index (χ2v) is 6.08. The number of aryl methyl sites for hydroxylation is 2. The molecule has 6 heteroatoms. The van der Waals surface area contributed by atoms with Crippen molar-refractivity contribution in [1.82, 2.24) is 5.32 Å². The number of benzene rings is 2. The number of anilines is 1. The first-order valence-corrected chi connectivity index (χ1v) is 7.72. The van der Waals surface area contributed by atoms with Gasteiger partial charge in [0.1, 0.15) is 0 Å². The fraction of sp³-hybridized carbons (Fsp3) is 0.176. The second kappa shape index (κ2) is 7.49. The molecular weight excluding hydrogens is 335 g/mol. The van der Waals surface area contributed by atoms with E-state index < -0.39 is 0 Å². The SMILES string of the molecule is Cc1cc(C)cc(C(=O)NCC(=O)Nc2cc(Cl)ccc2Cl)c1. The maximum absolute atomic E-state index is 12.1. The van der Waals surface area contributed by atoms with Crippen molar-refractivity contribution in [1.29, 1.82) is 0 Å². The van der Waals surface area contributed by atoms with Gasteiger partial charge in [-0.2, -0.15) is 0 Å². The van der Waals surface area contributed by atoms with E-state index in [2.05, 4.69) is 10.6 Å². The molecule has 0 aliphatic carbocycles. The molecular formula is C17H16Cl2N2O2. The number of nitrogens with one attached hydrogen (secondary N) is 2. The molecule has 0 saturated heterocycles. The van der Waals surface area contributed by atoms with Crippen molar-refractivity contribution >= 4 is 40.7 Å². The molecule has 0 aliphatic rings. The number of hydrogen-bond acceptors (Lipinski definition) is 2. The third kappa shape index (κ3) is 4.98. The summed E-state index contributed by atoms with van der Waals surface area (Å²) in [5.41, 5.74) is 2.91. The minimum atomic E-state index is -0.383. The van der Waals surface area contributed by atoms with E-state index in [4.69, 9.17) is 23.2 Å². The van der Waals surface area contributed by atoms with Gasteiger partial charge in [-0.15, -0.1) is 0 Å². The summed E-state index contributed by atoms with van der Waals surface area (Å²) in [4.78, 5) is 24.0. The van der Waals surface area contributed by atoms with E-state index >= 15 is 0 Å². The summed E-state index contributed by atoms with van der Waals surface area (Å²) in [6, 6.07) is 10.3. The van der Waals surface area contributed by atoms with E-state index in [1.165, 1.54) is 0 Å². The summed E-state index contributed by atoms with van der Waals surface area (Å²) >= 11 is 11.8. The fourth-order valence-corrected chi connectivity index (χ4v) is 2.49. The van der Waals surface area contributed by atoms with Crippen LogP contribution in [0.5, 0.6) is 0 Å². The molecule has 2 aromatic carbocycles. The predicted octanol–water partition coefficient (Wildman–Crippen LogP) is 3.98. The molecule has 0 aromatic heterocycles. The Labute approximate surface area is 144 Å². The number of hydrogen-bond donors (Lipinski definition) is 2. The first-order chi connectivity index (χ1) is 10.8. The lowest BCUT2D eigenvalue weighted by Gasteiger charge is -2.09. The highest BCUT2D eigenvalue weighted by atomic mass is 35.5. The van der Waals surface area contributed by atoms with E-state index in [9.17, 15) is 9.59 Å². The van der Waals surface area contributed by atoms with Crippen LogP contribution in [-0.2, 0) is 4.79 Å². The molecule has 2 N–H and O–H groups in total. The molecule has 23 heavy (non-hydrogen) atoms. The summed E-state index contributed by atoms with van der Waals surface area (Å²) in [6.45, 7) is 3.67. The Bertz CT molecular complexity index is 740. The first-order valence-electron chi connectivity index (χ1n) is 6.96. The van der Waals surface area contributed by atoms with E-state index in [-0.39, 0.29) is 18.4 Å². The molecule has 0 saturated carbocycles. The van der Waals surface area contributed by atoms with Crippen LogP contribution in [0.4, 0.5) is 5.69 Å². The fourth-order valence-electron chi connectivity index (χ4n) is 2.16. The Morgan fingerprint density at radius 2 is 1.65 bits per heavy atom. The lowest BCUT2D eigenvalue weighted by molar-refractivity contribution is -0.115. The van der Waals surface area contributed by atoms with Gasteiger partial charge in [0.15, 0.2) is 0 Å². The summed E-state index contributed by atoms with van der Waals surface area (Å²) < 4.78 is 0. The first kappa shape index (κ1) is 17.3. The van der Waals surface area contributed by atoms with Crippen molar-refractivity contribution in [2.75, 3.05) is 11.9 Å². The van der Waals surface area contributed by atoms with Gasteiger partial charge >= 0.3 is 0 Å². The van der Waals surface area contributed by atoms with E-state index in [1.807, 2.05) is 19.9 Å². The Balaban J connectivity index is 1.96. The highest BCUT2D eigenvalue weighted by molar-refractivity contribution is 6.35. The molecule has 0 aliphatic heterocycles. The molecule has 2 aromatic rings. The van der Waals surface area contributed by atoms with E-state index in [1.54, 1.807) is 30.3 Å². The summed E-state index contributed by atoms with van der Waals surface area (Å²) in [5.74, 6) is -0.684. The molecule has 0 fully saturated rings. The largest absolute Gasteiger partial charge is 0.343 e. The van der Waals surface area contributed by atoms with Crippen LogP contribution in [0.2, 0.25) is 10.0 Å². The van der Waals surface area contributed by atoms with Crippen molar-refractivity contribution in [3.63, 3.8) is 0 Å². The Kier molecular flexibility index (Phi) is 5.64. The summed E-state index contributed by atoms with van der Waals surface area (Å²) in [6.07, 6.45) is 0. The maximum Gasteiger partial charge on any atom is 0.251 e. The van der Waals surface area contributed by atoms with Crippen molar-refractivity contribution in [3.05, 3.63) is 63.1 Å². The van der Waals surface area contributed by atoms with Crippen molar-refractivity contribution < 1.29 is 9.59 Å². The van der Waals surface area contributed by atoms with Crippen LogP contribution in [0.1, 0.15) is 21.5 Å². The molecule has 4 nitrogen and oxygen atoms in total. The number of amides is 2. The predicted molar refractivity (Wildman–Crippen MR) is 93.3 cm³/mol. The number of halogens is 2. The lowest BCUT2D eigenvalue weighted by atomic mass is 10.1. The average molecular weight is 351 g/mol. The van der Waals surface area contributed by atoms with Gasteiger partial charge in [0.2, 0.25) is 5.91 Å². The number of carbonyl (C=O) groups is 2. The lowest BCUT2D eigenvalue weighted by Crippen LogP contribution is -2.33. The van der Waals surface area contributed by atoms with Crippen LogP contribution in [-0.4, -0.2) is 18.4 Å². The van der Waals surface area contributed by atoms with Crippen molar-refractivity contribution in [2.45, 2.75) is 13.8 Å². The smallest absolute Gasteiger partial charge is 0.251 e. The average Bonchev–Trinajstić information content (AvgIpc) is 2.47. The molecule has 0 heterocycles. The Hall–Kier alpha value is -2.04. The van der Waals surface area contributed by atoms with Crippen LogP contribution in [0.3, 0.4) is 0 Å². The summed E-state index contributed by atoms with van der Waals surface area (Å²) in [5, 5.41) is 6.03. The second-order valence-electron chi connectivity index (χ2n) is 5.23. The van der Waals surface area contributed by atoms with Crippen LogP contribution in [0.15, 0.2) is 36.4 Å². The molecule has 0 bridgehead atoms. The van der Waals surface area contributed by atoms with Crippen LogP contribution in [0.25, 0.3) is 0 Å². The Morgan fingerprint density at radius 3 is 2.30 bits per heavy atom. The molecule has 2 rings (SSSR count). The van der Waals surface area contributed by atoms with Crippen LogP contribution < -0.4 is 10.6 Å². The zero-order valence-electron chi connectivity index (χ0n) is 12.7. The van der Waals surface area contributed by atoms with E-state index in [0.29, 0.717) is 21.3 Å². The maximum atomic E-state index is 12.1. The monoisotopic (exact) mass is 350 g/mol. The van der Waals surface area contributed by atoms with Crippen LogP contribution in [0, 0.1) is 13.8 Å². The molecule has 0 atom stereocenters. The third-order valence-electron chi connectivity index (χ3n) is 3.10. The standard InChI is InChI=1S/C17H16Cl2N2O2/c1-10-5-11(2)7-12(6-10)17(23)20-9-16(22)21-15-8-13(18)3-4-14(15)19/h3-8H,9H2,1-2H3,(H,20,23)(H,21,22). The Morgan fingerprint density at radius 1 is 1.00 bits per heavy atom. The van der Waals surface area contributed by atoms with Gasteiger partial charge < -0.3 is 10.6 Å². The number of carbonyl (C=O) groups excluding carboxylic acids is 2. The van der Waals surface area contributed by atoms with Gasteiger partial charge in [-0.3, -0.25) is 9.59 Å². The van der Waals surface area contributed by atoms with Crippen molar-refractivity contribution in [3.8, 4) is 0 Å². The van der Waals surface area contributed by atoms with Gasteiger partial charge in [-0.1, -0.05) is 40.4 Å². The zero-order valence-corrected chi connectivity index (χ0v) is 14.3. The number of rotatable bonds is 4. The topological polar surface area (TPSA) is 58.2 Å². The summed E-state index contributed by atoms with van der Waals surface area (Å²) in [7, 11) is 0. The van der Waals surface area contributed by atoms with Gasteiger partial charge in [0, 0.05) is 10.6 Å². The zero-order chi connectivity index (χ0) is 17.0. The van der Waals surface area contributed by atoms with Gasteiger partial charge in [-0.05, 0) is 44.2 Å². The molecule has 2 amide bonds. The minimum Gasteiger partial charge on any atom is -0.343 e. The third-order valence-corrected chi connectivity index (χ3v) is 3.66. The highest BCUT2D eigenvalue weighted by Gasteiger charge is 2.10. The van der Waals surface area contributed by atoms with E-state index in [0.717, 1.165) is 11.1 Å².